The highest BCUT2D eigenvalue weighted by atomic mass is 32.1. The molecule has 0 bridgehead atoms. The summed E-state index contributed by atoms with van der Waals surface area (Å²) in [4.78, 5) is 2.80. The van der Waals surface area contributed by atoms with Gasteiger partial charge in [-0.2, -0.15) is 0 Å². The van der Waals surface area contributed by atoms with Crippen molar-refractivity contribution in [3.05, 3.63) is 356 Å². The van der Waals surface area contributed by atoms with Crippen LogP contribution in [0.5, 0.6) is 0 Å². The molecule has 0 radical (unpaired) electrons. The number of hydrogen-bond donors (Lipinski definition) is 0. The summed E-state index contributed by atoms with van der Waals surface area (Å²) in [6.45, 7) is 77.5. The van der Waals surface area contributed by atoms with Gasteiger partial charge in [-0.15, -0.1) is 11.3 Å². The van der Waals surface area contributed by atoms with Crippen molar-refractivity contribution in [2.45, 2.75) is 263 Å². The lowest BCUT2D eigenvalue weighted by molar-refractivity contribution is 0.504. The molecule has 0 amide bonds. The van der Waals surface area contributed by atoms with Gasteiger partial charge in [-0.3, -0.25) is 0 Å². The van der Waals surface area contributed by atoms with Crippen LogP contribution in [0.4, 0.5) is 0 Å². The van der Waals surface area contributed by atoms with Gasteiger partial charge in [-0.05, 0) is 227 Å². The Bertz CT molecular complexity index is 5670. The molecule has 3 nitrogen and oxygen atoms in total. The Labute approximate surface area is 761 Å². The van der Waals surface area contributed by atoms with Gasteiger partial charge < -0.3 is 13.6 Å². The van der Waals surface area contributed by atoms with Crippen LogP contribution >= 0.6 is 11.3 Å². The summed E-state index contributed by atoms with van der Waals surface area (Å²) in [5.74, 6) is 1.97. The van der Waals surface area contributed by atoms with Crippen LogP contribution < -0.4 is 0 Å². The molecule has 4 heterocycles. The molecule has 0 aliphatic heterocycles. The van der Waals surface area contributed by atoms with Crippen molar-refractivity contribution < 1.29 is 4.42 Å². The van der Waals surface area contributed by atoms with Crippen molar-refractivity contribution in [2.75, 3.05) is 0 Å². The number of thiophene rings is 1. The zero-order valence-electron chi connectivity index (χ0n) is 85.3. The van der Waals surface area contributed by atoms with Crippen LogP contribution in [0.2, 0.25) is 0 Å². The number of aryl methyl sites for hydroxylation is 16. The molecule has 14 aromatic carbocycles. The summed E-state index contributed by atoms with van der Waals surface area (Å²) in [5, 5.41) is 21.5. The van der Waals surface area contributed by atoms with Crippen LogP contribution in [-0.2, 0) is 14.1 Å². The first-order valence-corrected chi connectivity index (χ1v) is 47.6. The SMILES string of the molecule is CC.CC.CC.CC.CC.CC.CC.CC.CC.CC.CC.CC.Cc1ccc(C)o1.Cc1ccc(C)s1.Cc1ccc2c(c1)c1ccccc1n2C.Cc1ccc2c(ccc3cc(C)ccc32)c1.Cc1ccc2c3ccccc3n(C)c2c1.Cc1ccc2cc(C)c3ccccc3c2c1.Cc1ccc2cc(C)ccc2c1.Cc1ccc2ccc(C)cc2c1. The zero-order valence-corrected chi connectivity index (χ0v) is 86.1. The third-order valence-corrected chi connectivity index (χ3v) is 19.5. The highest BCUT2D eigenvalue weighted by Gasteiger charge is 2.09. The van der Waals surface area contributed by atoms with E-state index >= 15 is 0 Å². The van der Waals surface area contributed by atoms with E-state index < -0.39 is 0 Å². The molecule has 4 heteroatoms. The lowest BCUT2D eigenvalue weighted by atomic mass is 9.97. The quantitative estimate of drug-likeness (QED) is 0.139. The lowest BCUT2D eigenvalue weighted by Crippen LogP contribution is -1.86. The molecule has 0 spiro atoms. The fourth-order valence-electron chi connectivity index (χ4n) is 13.3. The third kappa shape index (κ3) is 35.8. The van der Waals surface area contributed by atoms with E-state index in [1.165, 1.54) is 174 Å². The lowest BCUT2D eigenvalue weighted by Gasteiger charge is -2.07. The second-order valence-electron chi connectivity index (χ2n) is 27.2. The molecule has 0 fully saturated rings. The molecule has 124 heavy (non-hydrogen) atoms. The molecule has 0 N–H and O–H groups in total. The van der Waals surface area contributed by atoms with Gasteiger partial charge in [0.25, 0.3) is 0 Å². The Balaban J connectivity index is 0. The second kappa shape index (κ2) is 65.8. The van der Waals surface area contributed by atoms with Crippen LogP contribution in [0.25, 0.3) is 108 Å². The highest BCUT2D eigenvalue weighted by molar-refractivity contribution is 7.11. The largest absolute Gasteiger partial charge is 0.467 e. The maximum atomic E-state index is 5.08. The highest BCUT2D eigenvalue weighted by Crippen LogP contribution is 2.33. The van der Waals surface area contributed by atoms with Gasteiger partial charge in [0.15, 0.2) is 0 Å². The van der Waals surface area contributed by atoms with Gasteiger partial charge in [0.2, 0.25) is 0 Å². The van der Waals surface area contributed by atoms with Crippen molar-refractivity contribution in [1.82, 2.24) is 9.13 Å². The Hall–Kier alpha value is -10.8. The molecule has 4 aromatic heterocycles. The molecule has 0 aliphatic carbocycles. The van der Waals surface area contributed by atoms with Gasteiger partial charge in [0.05, 0.1) is 0 Å². The summed E-state index contributed by atoms with van der Waals surface area (Å²) in [7, 11) is 4.25. The monoisotopic (exact) mass is 1680 g/mol. The minimum atomic E-state index is 0.984. The molecule has 0 aliphatic rings. The van der Waals surface area contributed by atoms with E-state index in [-0.39, 0.29) is 0 Å². The van der Waals surface area contributed by atoms with Crippen molar-refractivity contribution >= 4 is 120 Å². The topological polar surface area (TPSA) is 23.0 Å². The summed E-state index contributed by atoms with van der Waals surface area (Å²) in [6, 6.07) is 100. The van der Waals surface area contributed by atoms with E-state index in [9.17, 15) is 0 Å². The van der Waals surface area contributed by atoms with Crippen molar-refractivity contribution in [2.24, 2.45) is 14.1 Å². The van der Waals surface area contributed by atoms with Crippen LogP contribution in [-0.4, -0.2) is 9.13 Å². The first-order chi connectivity index (χ1) is 60.1. The number of fused-ring (bicyclic) bond motifs is 14. The summed E-state index contributed by atoms with van der Waals surface area (Å²) < 4.78 is 9.60. The Morgan fingerprint density at radius 3 is 0.815 bits per heavy atom. The van der Waals surface area contributed by atoms with Crippen molar-refractivity contribution in [3.8, 4) is 0 Å². The van der Waals surface area contributed by atoms with E-state index in [0.29, 0.717) is 0 Å². The molecular formula is C120H166N2OS. The van der Waals surface area contributed by atoms with E-state index in [1.807, 2.05) is 203 Å². The van der Waals surface area contributed by atoms with E-state index in [0.717, 1.165) is 11.5 Å². The molecule has 18 aromatic rings. The summed E-state index contributed by atoms with van der Waals surface area (Å²) >= 11 is 1.84. The van der Waals surface area contributed by atoms with E-state index in [2.05, 4.69) is 373 Å². The van der Waals surface area contributed by atoms with Gasteiger partial charge in [0, 0.05) is 67.5 Å². The summed E-state index contributed by atoms with van der Waals surface area (Å²) in [5.41, 5.74) is 18.5. The number of benzene rings is 14. The number of para-hydroxylation sites is 2. The average molecular weight is 1680 g/mol. The standard InChI is InChI=1S/2C16H14.2C14H13N.2C12H12.C6H8O.C6H8S.12C2H6/c1-11-3-7-15-13(9-11)5-6-14-10-12(2)4-8-16(14)15;1-11-7-8-13-10-12(2)14-5-3-4-6-15(14)16(13)9-11;1-10-7-8-14-12(9-10)11-5-3-4-6-13(11)15(14)2;1-10-7-8-12-11-5-3-4-6-13(11)15(2)14(12)9-10;1-9-3-5-12-8-10(2)4-6-11(12)7-9;1-9-3-5-11-6-4-10(2)8-12(11)7-9;2*1-5-3-4-6(2)7-5;12*1-2/h2*3-10H,1-2H3;2*3-9H,1-2H3;2*3-8H,1-2H3;2*3-4H,1-2H3;12*1-2H3. The van der Waals surface area contributed by atoms with Crippen LogP contribution in [0.15, 0.2) is 283 Å². The summed E-state index contributed by atoms with van der Waals surface area (Å²) in [6.07, 6.45) is 0. The predicted octanol–water partition coefficient (Wildman–Crippen LogP) is 40.0. The Morgan fingerprint density at radius 2 is 0.435 bits per heavy atom. The van der Waals surface area contributed by atoms with Gasteiger partial charge in [-0.1, -0.05) is 435 Å². The number of hydrogen-bond acceptors (Lipinski definition) is 2. The first kappa shape index (κ1) is 115. The zero-order chi connectivity index (χ0) is 94.7. The maximum Gasteiger partial charge on any atom is 0.101 e. The second-order valence-corrected chi connectivity index (χ2v) is 28.7. The molecule has 668 valence electrons. The van der Waals surface area contributed by atoms with Gasteiger partial charge in [0.1, 0.15) is 11.5 Å². The normalized spacial score (nSPS) is 9.29. The predicted molar refractivity (Wildman–Crippen MR) is 577 cm³/mol. The fraction of sp³-hybridized carbons (Fsp3) is 0.333. The Morgan fingerprint density at radius 1 is 0.177 bits per heavy atom. The number of nitrogens with zero attached hydrogens (tertiary/aromatic N) is 2. The number of rotatable bonds is 0. The minimum Gasteiger partial charge on any atom is -0.467 e. The van der Waals surface area contributed by atoms with E-state index in [4.69, 9.17) is 4.42 Å². The molecule has 0 saturated carbocycles. The van der Waals surface area contributed by atoms with Crippen LogP contribution in [0.1, 0.15) is 243 Å². The molecule has 0 saturated heterocycles. The van der Waals surface area contributed by atoms with E-state index in [1.54, 1.807) is 0 Å². The molecular weight excluding hydrogens is 1520 g/mol. The average Bonchev–Trinajstić information content (AvgIpc) is 1.23. The third-order valence-electron chi connectivity index (χ3n) is 18.6. The smallest absolute Gasteiger partial charge is 0.101 e. The van der Waals surface area contributed by atoms with Crippen LogP contribution in [0, 0.1) is 96.9 Å². The molecule has 18 rings (SSSR count). The van der Waals surface area contributed by atoms with Crippen LogP contribution in [0.3, 0.4) is 0 Å². The number of furan rings is 1. The Kier molecular flexibility index (Phi) is 61.2. The maximum absolute atomic E-state index is 5.08. The fourth-order valence-corrected chi connectivity index (χ4v) is 14.1. The minimum absolute atomic E-state index is 0.984. The molecule has 0 unspecified atom stereocenters. The van der Waals surface area contributed by atoms with Crippen molar-refractivity contribution in [3.63, 3.8) is 0 Å². The molecule has 0 atom stereocenters. The van der Waals surface area contributed by atoms with Gasteiger partial charge in [-0.25, -0.2) is 0 Å². The number of aromatic nitrogens is 2. The van der Waals surface area contributed by atoms with Crippen molar-refractivity contribution in [1.29, 1.82) is 0 Å². The van der Waals surface area contributed by atoms with Gasteiger partial charge >= 0.3 is 0 Å². The first-order valence-electron chi connectivity index (χ1n) is 46.8.